The topological polar surface area (TPSA) is 84.5 Å². The quantitative estimate of drug-likeness (QED) is 0.494. The number of carbonyl (C=O) groups is 1. The van der Waals surface area contributed by atoms with Gasteiger partial charge >= 0.3 is 0 Å². The van der Waals surface area contributed by atoms with Crippen LogP contribution in [0.5, 0.6) is 0 Å². The van der Waals surface area contributed by atoms with Crippen LogP contribution in [0.4, 0.5) is 5.82 Å². The molecule has 1 aliphatic rings. The molecule has 0 bridgehead atoms. The Morgan fingerprint density at radius 3 is 2.56 bits per heavy atom. The van der Waals surface area contributed by atoms with Crippen molar-refractivity contribution in [3.63, 3.8) is 0 Å². The van der Waals surface area contributed by atoms with Crippen LogP contribution >= 0.6 is 0 Å². The predicted octanol–water partition coefficient (Wildman–Crippen LogP) is 2.26. The fourth-order valence-corrected chi connectivity index (χ4v) is 4.27. The van der Waals surface area contributed by atoms with Gasteiger partial charge in [0.2, 0.25) is 0 Å². The maximum Gasteiger partial charge on any atom is 0.254 e. The van der Waals surface area contributed by atoms with Crippen molar-refractivity contribution < 1.29 is 4.79 Å². The van der Waals surface area contributed by atoms with E-state index in [1.54, 1.807) is 4.52 Å². The molecule has 0 unspecified atom stereocenters. The van der Waals surface area contributed by atoms with Crippen LogP contribution in [0.1, 0.15) is 33.0 Å². The van der Waals surface area contributed by atoms with Gasteiger partial charge in [-0.2, -0.15) is 19.7 Å². The van der Waals surface area contributed by atoms with Gasteiger partial charge in [0, 0.05) is 49.2 Å². The van der Waals surface area contributed by atoms with Gasteiger partial charge in [0.05, 0.1) is 12.2 Å². The third-order valence-corrected chi connectivity index (χ3v) is 5.86. The fourth-order valence-electron chi connectivity index (χ4n) is 4.27. The Balaban J connectivity index is 1.28. The molecule has 9 nitrogen and oxygen atoms in total. The highest BCUT2D eigenvalue weighted by atomic mass is 16.2. The first kappa shape index (κ1) is 20.2. The molecule has 4 heterocycles. The molecule has 0 N–H and O–H groups in total. The van der Waals surface area contributed by atoms with Gasteiger partial charge in [0.15, 0.2) is 0 Å². The van der Waals surface area contributed by atoms with Crippen LogP contribution in [0.3, 0.4) is 0 Å². The van der Waals surface area contributed by atoms with E-state index >= 15 is 0 Å². The van der Waals surface area contributed by atoms with Crippen LogP contribution < -0.4 is 4.90 Å². The first-order chi connectivity index (χ1) is 15.5. The third kappa shape index (κ3) is 3.81. The van der Waals surface area contributed by atoms with E-state index in [-0.39, 0.29) is 5.91 Å². The van der Waals surface area contributed by atoms with Gasteiger partial charge < -0.3 is 9.80 Å². The molecule has 4 aromatic rings. The first-order valence-electron chi connectivity index (χ1n) is 10.8. The van der Waals surface area contributed by atoms with Crippen molar-refractivity contribution in [2.24, 2.45) is 0 Å². The van der Waals surface area contributed by atoms with E-state index in [0.717, 1.165) is 47.1 Å². The van der Waals surface area contributed by atoms with Crippen LogP contribution in [0.15, 0.2) is 42.7 Å². The summed E-state index contributed by atoms with van der Waals surface area (Å²) in [6.45, 7) is 9.42. The monoisotopic (exact) mass is 430 g/mol. The van der Waals surface area contributed by atoms with E-state index in [4.69, 9.17) is 0 Å². The van der Waals surface area contributed by atoms with Gasteiger partial charge in [-0.1, -0.05) is 12.1 Å². The summed E-state index contributed by atoms with van der Waals surface area (Å²) in [5, 5.41) is 8.83. The zero-order valence-electron chi connectivity index (χ0n) is 18.6. The summed E-state index contributed by atoms with van der Waals surface area (Å²) >= 11 is 0. The van der Waals surface area contributed by atoms with Crippen LogP contribution in [0.2, 0.25) is 0 Å². The summed E-state index contributed by atoms with van der Waals surface area (Å²) in [4.78, 5) is 26.0. The lowest BCUT2D eigenvalue weighted by atomic mass is 10.1. The highest BCUT2D eigenvalue weighted by Gasteiger charge is 2.24. The third-order valence-electron chi connectivity index (χ3n) is 5.86. The molecule has 32 heavy (non-hydrogen) atoms. The van der Waals surface area contributed by atoms with Crippen molar-refractivity contribution in [2.45, 2.75) is 27.3 Å². The van der Waals surface area contributed by atoms with Crippen LogP contribution in [0.25, 0.3) is 5.78 Å². The minimum atomic E-state index is 0.0664. The molecule has 0 saturated carbocycles. The number of aryl methyl sites for hydroxylation is 3. The number of hydrogen-bond donors (Lipinski definition) is 0. The standard InChI is InChI=1S/C23H26N8O/c1-16-12-21(31-23(26-16)24-15-25-31)28-7-9-29(10-8-28)22(32)20-6-4-5-19(13-20)14-30-18(3)11-17(2)27-30/h4-6,11-13,15H,7-10,14H2,1-3H3. The maximum atomic E-state index is 13.2. The Morgan fingerprint density at radius 2 is 1.81 bits per heavy atom. The highest BCUT2D eigenvalue weighted by molar-refractivity contribution is 5.94. The van der Waals surface area contributed by atoms with E-state index in [9.17, 15) is 4.79 Å². The molecule has 164 valence electrons. The Morgan fingerprint density at radius 1 is 1.00 bits per heavy atom. The number of fused-ring (bicyclic) bond motifs is 1. The van der Waals surface area contributed by atoms with Crippen molar-refractivity contribution >= 4 is 17.5 Å². The molecular weight excluding hydrogens is 404 g/mol. The SMILES string of the molecule is Cc1cc(N2CCN(C(=O)c3cccc(Cn4nc(C)cc4C)c3)CC2)n2ncnc2n1. The average molecular weight is 431 g/mol. The Bertz CT molecular complexity index is 1280. The normalized spacial score (nSPS) is 14.3. The van der Waals surface area contributed by atoms with E-state index in [1.807, 2.05) is 60.7 Å². The lowest BCUT2D eigenvalue weighted by molar-refractivity contribution is 0.0746. The Labute approximate surface area is 186 Å². The minimum Gasteiger partial charge on any atom is -0.353 e. The first-order valence-corrected chi connectivity index (χ1v) is 10.8. The Hall–Kier alpha value is -3.75. The van der Waals surface area contributed by atoms with Gasteiger partial charge in [0.1, 0.15) is 12.1 Å². The van der Waals surface area contributed by atoms with E-state index in [2.05, 4.69) is 31.1 Å². The number of hydrogen-bond acceptors (Lipinski definition) is 6. The van der Waals surface area contributed by atoms with Gasteiger partial charge in [-0.05, 0) is 44.5 Å². The average Bonchev–Trinajstić information content (AvgIpc) is 3.38. The smallest absolute Gasteiger partial charge is 0.254 e. The van der Waals surface area contributed by atoms with Crippen molar-refractivity contribution in [2.75, 3.05) is 31.1 Å². The number of carbonyl (C=O) groups excluding carboxylic acids is 1. The molecule has 0 spiro atoms. The molecule has 9 heteroatoms. The van der Waals surface area contributed by atoms with Crippen LogP contribution in [0, 0.1) is 20.8 Å². The minimum absolute atomic E-state index is 0.0664. The Kier molecular flexibility index (Phi) is 5.08. The molecule has 1 fully saturated rings. The number of benzene rings is 1. The molecule has 1 aromatic carbocycles. The van der Waals surface area contributed by atoms with Crippen LogP contribution in [-0.2, 0) is 6.54 Å². The number of aromatic nitrogens is 6. The predicted molar refractivity (Wildman–Crippen MR) is 121 cm³/mol. The maximum absolute atomic E-state index is 13.2. The van der Waals surface area contributed by atoms with Crippen molar-refractivity contribution in [3.8, 4) is 0 Å². The molecular formula is C23H26N8O. The van der Waals surface area contributed by atoms with Crippen LogP contribution in [-0.4, -0.2) is 66.3 Å². The molecule has 1 saturated heterocycles. The molecule has 1 aliphatic heterocycles. The second-order valence-corrected chi connectivity index (χ2v) is 8.29. The van der Waals surface area contributed by atoms with E-state index < -0.39 is 0 Å². The summed E-state index contributed by atoms with van der Waals surface area (Å²) in [6, 6.07) is 11.9. The van der Waals surface area contributed by atoms with Gasteiger partial charge in [-0.3, -0.25) is 9.48 Å². The van der Waals surface area contributed by atoms with E-state index in [1.165, 1.54) is 6.33 Å². The molecule has 0 radical (unpaired) electrons. The number of rotatable bonds is 4. The zero-order valence-corrected chi connectivity index (χ0v) is 18.6. The summed E-state index contributed by atoms with van der Waals surface area (Å²) in [5.41, 5.74) is 4.80. The largest absolute Gasteiger partial charge is 0.353 e. The number of nitrogens with zero attached hydrogens (tertiary/aromatic N) is 8. The molecule has 0 aliphatic carbocycles. The van der Waals surface area contributed by atoms with Gasteiger partial charge in [0.25, 0.3) is 11.7 Å². The lowest BCUT2D eigenvalue weighted by Gasteiger charge is -2.36. The number of piperazine rings is 1. The molecule has 1 amide bonds. The second-order valence-electron chi connectivity index (χ2n) is 8.29. The summed E-state index contributed by atoms with van der Waals surface area (Å²) < 4.78 is 3.73. The molecule has 3 aromatic heterocycles. The van der Waals surface area contributed by atoms with Gasteiger partial charge in [-0.25, -0.2) is 4.98 Å². The number of amides is 1. The van der Waals surface area contributed by atoms with Crippen molar-refractivity contribution in [3.05, 3.63) is 70.9 Å². The number of anilines is 1. The molecule has 0 atom stereocenters. The summed E-state index contributed by atoms with van der Waals surface area (Å²) in [6.07, 6.45) is 1.52. The van der Waals surface area contributed by atoms with Crippen molar-refractivity contribution in [1.82, 2.24) is 34.3 Å². The molecule has 5 rings (SSSR count). The highest BCUT2D eigenvalue weighted by Crippen LogP contribution is 2.19. The van der Waals surface area contributed by atoms with E-state index in [0.29, 0.717) is 25.4 Å². The second kappa shape index (κ2) is 8.07. The zero-order chi connectivity index (χ0) is 22.2. The van der Waals surface area contributed by atoms with Gasteiger partial charge in [-0.15, -0.1) is 0 Å². The summed E-state index contributed by atoms with van der Waals surface area (Å²) in [5.74, 6) is 1.62. The lowest BCUT2D eigenvalue weighted by Crippen LogP contribution is -2.49. The summed E-state index contributed by atoms with van der Waals surface area (Å²) in [7, 11) is 0. The van der Waals surface area contributed by atoms with Crippen molar-refractivity contribution in [1.29, 1.82) is 0 Å². The fraction of sp³-hybridized carbons (Fsp3) is 0.348.